The first-order chi connectivity index (χ1) is 18.2. The van der Waals surface area contributed by atoms with Crippen LogP contribution >= 0.6 is 0 Å². The number of aryl methyl sites for hydroxylation is 1. The molecule has 0 bridgehead atoms. The summed E-state index contributed by atoms with van der Waals surface area (Å²) in [5, 5.41) is 7.30. The number of carbonyl (C=O) groups is 1. The quantitative estimate of drug-likeness (QED) is 0.296. The second-order valence-electron chi connectivity index (χ2n) is 7.98. The number of anilines is 1. The second-order valence-corrected chi connectivity index (χ2v) is 7.98. The van der Waals surface area contributed by atoms with E-state index in [1.165, 1.54) is 43.4 Å². The third-order valence-electron chi connectivity index (χ3n) is 5.20. The number of amides is 1. The normalized spacial score (nSPS) is 11.3. The number of hydrogen-bond acceptors (Lipinski definition) is 8. The number of ether oxygens (including phenoxy) is 4. The van der Waals surface area contributed by atoms with Crippen LogP contribution in [0, 0.1) is 0 Å². The average molecular weight is 531 g/mol. The summed E-state index contributed by atoms with van der Waals surface area (Å²) in [6, 6.07) is 8.19. The minimum Gasteiger partial charge on any atom is -0.493 e. The SMILES string of the molecule is CCCn1cc(OCC(F)(F)F)c(C(=O)Nc2ccc(Oc3ccnc4cc(OC)c(OC)cc34)nc2)n1. The maximum absolute atomic E-state index is 12.8. The van der Waals surface area contributed by atoms with Gasteiger partial charge in [0.15, 0.2) is 29.5 Å². The Kier molecular flexibility index (Phi) is 7.84. The van der Waals surface area contributed by atoms with Crippen LogP contribution in [0.1, 0.15) is 23.8 Å². The van der Waals surface area contributed by atoms with Crippen molar-refractivity contribution in [3.63, 3.8) is 0 Å². The third-order valence-corrected chi connectivity index (χ3v) is 5.20. The molecule has 0 aliphatic carbocycles. The highest BCUT2D eigenvalue weighted by atomic mass is 19.4. The highest BCUT2D eigenvalue weighted by molar-refractivity contribution is 6.04. The van der Waals surface area contributed by atoms with Gasteiger partial charge in [0.05, 0.1) is 37.8 Å². The number of aromatic nitrogens is 4. The van der Waals surface area contributed by atoms with E-state index in [9.17, 15) is 18.0 Å². The first-order valence-corrected chi connectivity index (χ1v) is 11.4. The molecule has 38 heavy (non-hydrogen) atoms. The number of benzene rings is 1. The summed E-state index contributed by atoms with van der Waals surface area (Å²) in [6.07, 6.45) is 0.300. The summed E-state index contributed by atoms with van der Waals surface area (Å²) in [5.74, 6) is 0.713. The minimum atomic E-state index is -4.56. The van der Waals surface area contributed by atoms with Crippen LogP contribution in [0.3, 0.4) is 0 Å². The minimum absolute atomic E-state index is 0.228. The van der Waals surface area contributed by atoms with E-state index in [1.807, 2.05) is 6.92 Å². The van der Waals surface area contributed by atoms with E-state index < -0.39 is 18.7 Å². The van der Waals surface area contributed by atoms with Crippen LogP contribution < -0.4 is 24.3 Å². The van der Waals surface area contributed by atoms with E-state index in [0.29, 0.717) is 41.1 Å². The van der Waals surface area contributed by atoms with Crippen LogP contribution in [0.2, 0.25) is 0 Å². The first-order valence-electron chi connectivity index (χ1n) is 11.4. The van der Waals surface area contributed by atoms with Crippen LogP contribution in [-0.4, -0.2) is 52.7 Å². The molecule has 10 nitrogen and oxygen atoms in total. The largest absolute Gasteiger partial charge is 0.493 e. The van der Waals surface area contributed by atoms with Gasteiger partial charge in [-0.05, 0) is 24.6 Å². The van der Waals surface area contributed by atoms with Crippen molar-refractivity contribution in [2.24, 2.45) is 0 Å². The number of alkyl halides is 3. The number of carbonyl (C=O) groups excluding carboxylic acids is 1. The van der Waals surface area contributed by atoms with E-state index in [4.69, 9.17) is 18.9 Å². The van der Waals surface area contributed by atoms with Crippen molar-refractivity contribution >= 4 is 22.5 Å². The summed E-state index contributed by atoms with van der Waals surface area (Å²) in [7, 11) is 3.05. The van der Waals surface area contributed by atoms with Gasteiger partial charge < -0.3 is 24.3 Å². The Morgan fingerprint density at radius 3 is 2.45 bits per heavy atom. The summed E-state index contributed by atoms with van der Waals surface area (Å²) < 4.78 is 60.7. The molecule has 0 fully saturated rings. The summed E-state index contributed by atoms with van der Waals surface area (Å²) >= 11 is 0. The summed E-state index contributed by atoms with van der Waals surface area (Å²) in [5.41, 5.74) is 0.630. The number of rotatable bonds is 10. The average Bonchev–Trinajstić information content (AvgIpc) is 3.31. The van der Waals surface area contributed by atoms with Gasteiger partial charge in [-0.1, -0.05) is 6.92 Å². The molecule has 1 amide bonds. The lowest BCUT2D eigenvalue weighted by atomic mass is 10.2. The number of nitrogens with one attached hydrogen (secondary N) is 1. The Morgan fingerprint density at radius 2 is 1.79 bits per heavy atom. The van der Waals surface area contributed by atoms with E-state index >= 15 is 0 Å². The highest BCUT2D eigenvalue weighted by Gasteiger charge is 2.30. The van der Waals surface area contributed by atoms with E-state index in [-0.39, 0.29) is 23.0 Å². The fraction of sp³-hybridized carbons (Fsp3) is 0.280. The number of methoxy groups -OCH3 is 2. The Bertz CT molecular complexity index is 1420. The highest BCUT2D eigenvalue weighted by Crippen LogP contribution is 2.36. The van der Waals surface area contributed by atoms with Crippen LogP contribution in [-0.2, 0) is 6.54 Å². The predicted octanol–water partition coefficient (Wildman–Crippen LogP) is 5.24. The number of hydrogen-bond donors (Lipinski definition) is 1. The van der Waals surface area contributed by atoms with Crippen molar-refractivity contribution in [1.29, 1.82) is 0 Å². The third kappa shape index (κ3) is 6.22. The van der Waals surface area contributed by atoms with Crippen LogP contribution in [0.4, 0.5) is 18.9 Å². The molecule has 4 aromatic rings. The predicted molar refractivity (Wildman–Crippen MR) is 131 cm³/mol. The van der Waals surface area contributed by atoms with E-state index in [2.05, 4.69) is 20.4 Å². The summed E-state index contributed by atoms with van der Waals surface area (Å²) in [6.45, 7) is 0.738. The molecule has 4 rings (SSSR count). The Balaban J connectivity index is 1.50. The van der Waals surface area contributed by atoms with E-state index in [1.54, 1.807) is 24.4 Å². The van der Waals surface area contributed by atoms with Gasteiger partial charge >= 0.3 is 6.18 Å². The van der Waals surface area contributed by atoms with Crippen molar-refractivity contribution in [3.8, 4) is 28.9 Å². The molecule has 3 heterocycles. The maximum Gasteiger partial charge on any atom is 0.422 e. The Labute approximate surface area is 215 Å². The lowest BCUT2D eigenvalue weighted by Crippen LogP contribution is -2.21. The molecule has 0 radical (unpaired) electrons. The van der Waals surface area contributed by atoms with Crippen molar-refractivity contribution in [2.75, 3.05) is 26.1 Å². The smallest absolute Gasteiger partial charge is 0.422 e. The van der Waals surface area contributed by atoms with Crippen molar-refractivity contribution < 1.29 is 36.9 Å². The van der Waals surface area contributed by atoms with Crippen molar-refractivity contribution in [1.82, 2.24) is 19.7 Å². The molecule has 0 spiro atoms. The zero-order valence-corrected chi connectivity index (χ0v) is 20.7. The Hall–Kier alpha value is -4.55. The molecule has 0 aliphatic rings. The molecule has 0 aliphatic heterocycles. The molecular formula is C25H24F3N5O5. The number of nitrogens with zero attached hydrogens (tertiary/aromatic N) is 4. The monoisotopic (exact) mass is 531 g/mol. The second kappa shape index (κ2) is 11.2. The van der Waals surface area contributed by atoms with Gasteiger partial charge in [-0.2, -0.15) is 18.3 Å². The molecule has 0 saturated heterocycles. The molecule has 13 heteroatoms. The fourth-order valence-electron chi connectivity index (χ4n) is 3.52. The van der Waals surface area contributed by atoms with Gasteiger partial charge in [0.1, 0.15) is 5.75 Å². The number of halogens is 3. The molecular weight excluding hydrogens is 507 g/mol. The van der Waals surface area contributed by atoms with Crippen molar-refractivity contribution in [3.05, 3.63) is 54.6 Å². The topological polar surface area (TPSA) is 110 Å². The molecule has 1 N–H and O–H groups in total. The zero-order chi connectivity index (χ0) is 27.3. The molecule has 3 aromatic heterocycles. The Morgan fingerprint density at radius 1 is 1.03 bits per heavy atom. The van der Waals surface area contributed by atoms with Gasteiger partial charge in [-0.15, -0.1) is 0 Å². The number of fused-ring (bicyclic) bond motifs is 1. The van der Waals surface area contributed by atoms with Gasteiger partial charge in [0, 0.05) is 30.3 Å². The maximum atomic E-state index is 12.8. The lowest BCUT2D eigenvalue weighted by molar-refractivity contribution is -0.153. The first kappa shape index (κ1) is 26.5. The molecule has 200 valence electrons. The van der Waals surface area contributed by atoms with Crippen LogP contribution in [0.15, 0.2) is 48.9 Å². The summed E-state index contributed by atoms with van der Waals surface area (Å²) in [4.78, 5) is 21.3. The van der Waals surface area contributed by atoms with Gasteiger partial charge in [0.25, 0.3) is 5.91 Å². The van der Waals surface area contributed by atoms with Crippen LogP contribution in [0.5, 0.6) is 28.9 Å². The molecule has 0 unspecified atom stereocenters. The number of pyridine rings is 2. The molecule has 1 aromatic carbocycles. The fourth-order valence-corrected chi connectivity index (χ4v) is 3.52. The van der Waals surface area contributed by atoms with Gasteiger partial charge in [0.2, 0.25) is 5.88 Å². The van der Waals surface area contributed by atoms with Gasteiger partial charge in [-0.3, -0.25) is 14.5 Å². The zero-order valence-electron chi connectivity index (χ0n) is 20.7. The van der Waals surface area contributed by atoms with Crippen molar-refractivity contribution in [2.45, 2.75) is 26.1 Å². The molecule has 0 atom stereocenters. The van der Waals surface area contributed by atoms with Gasteiger partial charge in [-0.25, -0.2) is 4.98 Å². The van der Waals surface area contributed by atoms with Crippen LogP contribution in [0.25, 0.3) is 10.9 Å². The molecule has 0 saturated carbocycles. The lowest BCUT2D eigenvalue weighted by Gasteiger charge is -2.12. The van der Waals surface area contributed by atoms with E-state index in [0.717, 1.165) is 0 Å². The standard InChI is InChI=1S/C25H24F3N5O5/c1-4-9-33-13-21(37-14-25(26,27)28)23(32-33)24(34)31-15-5-6-22(30-12-15)38-18-7-8-29-17-11-20(36-3)19(35-2)10-16(17)18/h5-8,10-13H,4,9,14H2,1-3H3,(H,31,34).